The van der Waals surface area contributed by atoms with E-state index in [0.717, 1.165) is 11.4 Å². The lowest BCUT2D eigenvalue weighted by Gasteiger charge is -2.49. The van der Waals surface area contributed by atoms with Crippen LogP contribution in [0.2, 0.25) is 0 Å². The largest absolute Gasteiger partial charge is 0.455 e. The highest BCUT2D eigenvalue weighted by atomic mass is 32.2. The Hall–Kier alpha value is -1.43. The predicted molar refractivity (Wildman–Crippen MR) is 95.5 cm³/mol. The van der Waals surface area contributed by atoms with E-state index in [4.69, 9.17) is 10.5 Å². The summed E-state index contributed by atoms with van der Waals surface area (Å²) in [5.74, 6) is 0.687. The number of hydrazone groups is 1. The van der Waals surface area contributed by atoms with Crippen molar-refractivity contribution in [3.05, 3.63) is 11.3 Å². The van der Waals surface area contributed by atoms with E-state index in [1.807, 2.05) is 32.8 Å². The van der Waals surface area contributed by atoms with E-state index in [1.165, 1.54) is 16.8 Å². The highest BCUT2D eigenvalue weighted by molar-refractivity contribution is 8.01. The molecule has 3 unspecified atom stereocenters. The Morgan fingerprint density at radius 1 is 1.44 bits per heavy atom. The van der Waals surface area contributed by atoms with Crippen molar-refractivity contribution >= 4 is 41.4 Å². The number of fused-ring (bicyclic) bond motifs is 3. The predicted octanol–water partition coefficient (Wildman–Crippen LogP) is -0.164. The first kappa shape index (κ1) is 17.0. The van der Waals surface area contributed by atoms with Crippen molar-refractivity contribution < 1.29 is 14.3 Å². The minimum Gasteiger partial charge on any atom is -0.455 e. The molecule has 1 amide bonds. The number of hydrogen-bond donors (Lipinski definition) is 2. The van der Waals surface area contributed by atoms with Gasteiger partial charge >= 0.3 is 5.97 Å². The fraction of sp³-hybridized carbons (Fsp3) is 0.643. The number of nitrogens with zero attached hydrogens (tertiary/aromatic N) is 4. The van der Waals surface area contributed by atoms with Crippen LogP contribution in [0, 0.1) is 0 Å². The van der Waals surface area contributed by atoms with Crippen LogP contribution in [0.3, 0.4) is 0 Å². The number of rotatable bonds is 2. The zero-order valence-corrected chi connectivity index (χ0v) is 16.0. The number of carbonyl (C=O) groups is 2. The minimum atomic E-state index is -0.646. The third kappa shape index (κ3) is 2.52. The van der Waals surface area contributed by atoms with Gasteiger partial charge in [0, 0.05) is 12.8 Å². The van der Waals surface area contributed by atoms with E-state index in [1.54, 1.807) is 16.3 Å². The van der Waals surface area contributed by atoms with Gasteiger partial charge in [0.05, 0.1) is 0 Å². The van der Waals surface area contributed by atoms with E-state index in [9.17, 15) is 9.59 Å². The number of esters is 1. The van der Waals surface area contributed by atoms with Crippen LogP contribution in [0.15, 0.2) is 16.4 Å². The summed E-state index contributed by atoms with van der Waals surface area (Å²) < 4.78 is 7.37. The van der Waals surface area contributed by atoms with Crippen molar-refractivity contribution in [3.63, 3.8) is 0 Å². The van der Waals surface area contributed by atoms with E-state index >= 15 is 0 Å². The van der Waals surface area contributed by atoms with Gasteiger partial charge in [-0.25, -0.2) is 10.3 Å². The molecule has 25 heavy (non-hydrogen) atoms. The second-order valence-corrected chi connectivity index (χ2v) is 9.30. The molecule has 2 saturated heterocycles. The molecule has 3 N–H and O–H groups in total. The molecule has 0 radical (unpaired) electrons. The average molecular weight is 384 g/mol. The number of thioether (sulfide) groups is 1. The number of carbonyl (C=O) groups excluding carboxylic acids is 2. The lowest BCUT2D eigenvalue weighted by Crippen LogP contribution is -2.69. The van der Waals surface area contributed by atoms with E-state index in [0.29, 0.717) is 11.4 Å². The Balaban J connectivity index is 1.74. The lowest BCUT2D eigenvalue weighted by atomic mass is 10.0. The number of amidine groups is 1. The van der Waals surface area contributed by atoms with Crippen LogP contribution in [0.4, 0.5) is 0 Å². The summed E-state index contributed by atoms with van der Waals surface area (Å²) in [7, 11) is 1.89. The van der Waals surface area contributed by atoms with Gasteiger partial charge in [0.25, 0.3) is 0 Å². The molecule has 11 heteroatoms. The van der Waals surface area contributed by atoms with Gasteiger partial charge in [-0.1, -0.05) is 4.52 Å². The van der Waals surface area contributed by atoms with Gasteiger partial charge in [0.1, 0.15) is 28.0 Å². The Bertz CT molecular complexity index is 718. The van der Waals surface area contributed by atoms with Gasteiger partial charge in [-0.15, -0.1) is 16.9 Å². The normalized spacial score (nSPS) is 33.8. The number of β-lactam (4-membered cyclic amide) rings is 1. The first-order valence-corrected chi connectivity index (χ1v) is 9.78. The molecule has 4 atom stereocenters. The number of hydrogen-bond acceptors (Lipinski definition) is 10. The highest BCUT2D eigenvalue weighted by Gasteiger charge is 2.55. The smallest absolute Gasteiger partial charge is 0.355 e. The van der Waals surface area contributed by atoms with E-state index in [2.05, 4.69) is 10.6 Å². The van der Waals surface area contributed by atoms with Crippen LogP contribution in [0.5, 0.6) is 0 Å². The third-order valence-electron chi connectivity index (χ3n) is 4.24. The Morgan fingerprint density at radius 3 is 2.72 bits per heavy atom. The number of nitrogens with two attached hydrogens (primary N) is 1. The summed E-state index contributed by atoms with van der Waals surface area (Å²) in [5.41, 5.74) is 9.30. The van der Waals surface area contributed by atoms with Gasteiger partial charge in [-0.3, -0.25) is 14.7 Å². The molecule has 0 aromatic rings. The summed E-state index contributed by atoms with van der Waals surface area (Å²) in [6.07, 6.45) is 0. The molecule has 2 fully saturated rings. The average Bonchev–Trinajstić information content (AvgIpc) is 3.06. The zero-order chi connectivity index (χ0) is 18.1. The van der Waals surface area contributed by atoms with Crippen LogP contribution in [0.25, 0.3) is 0 Å². The summed E-state index contributed by atoms with van der Waals surface area (Å²) >= 11 is 3.09. The van der Waals surface area contributed by atoms with Crippen molar-refractivity contribution in [1.82, 2.24) is 20.0 Å². The molecule has 136 valence electrons. The fourth-order valence-corrected chi connectivity index (χ4v) is 5.65. The number of nitrogens with one attached hydrogen (secondary N) is 1. The number of hydrazine groups is 2. The van der Waals surface area contributed by atoms with Crippen molar-refractivity contribution in [2.24, 2.45) is 10.8 Å². The van der Waals surface area contributed by atoms with Crippen LogP contribution < -0.4 is 11.3 Å². The van der Waals surface area contributed by atoms with Crippen LogP contribution in [-0.2, 0) is 14.3 Å². The molecule has 4 rings (SSSR count). The van der Waals surface area contributed by atoms with Crippen molar-refractivity contribution in [3.8, 4) is 0 Å². The first-order chi connectivity index (χ1) is 11.7. The second-order valence-electron chi connectivity index (χ2n) is 7.16. The standard InChI is InChI=1S/C14H20N6O3S2/c1-14(2,3)23-13(22)8-6(5-24-12-7(15)11(21)19(8)12)9-10-16-17-20(25-9)18(10)4/h7,9,12,17H,5,15H2,1-4H3/t7?,9?,12-/m0/s1. The molecule has 9 nitrogen and oxygen atoms in total. The second kappa shape index (κ2) is 5.53. The van der Waals surface area contributed by atoms with Crippen LogP contribution >= 0.6 is 23.7 Å². The molecule has 4 aliphatic heterocycles. The Kier molecular flexibility index (Phi) is 3.76. The van der Waals surface area contributed by atoms with Crippen molar-refractivity contribution in [2.45, 2.75) is 43.0 Å². The molecule has 4 heterocycles. The molecular formula is C14H20N6O3S2. The molecular weight excluding hydrogens is 364 g/mol. The number of amides is 1. The minimum absolute atomic E-state index is 0.133. The van der Waals surface area contributed by atoms with Gasteiger partial charge in [0.2, 0.25) is 5.91 Å². The monoisotopic (exact) mass is 384 g/mol. The van der Waals surface area contributed by atoms with Gasteiger partial charge < -0.3 is 10.5 Å². The van der Waals surface area contributed by atoms with Crippen LogP contribution in [0.1, 0.15) is 20.8 Å². The fourth-order valence-electron chi connectivity index (χ4n) is 3.07. The maximum absolute atomic E-state index is 12.9. The molecule has 2 bridgehead atoms. The summed E-state index contributed by atoms with van der Waals surface area (Å²) in [6.45, 7) is 5.43. The Labute approximate surface area is 154 Å². The molecule has 0 aromatic heterocycles. The molecule has 0 aliphatic carbocycles. The highest BCUT2D eigenvalue weighted by Crippen LogP contribution is 2.46. The molecule has 4 aliphatic rings. The number of ether oxygens (including phenoxy) is 1. The topological polar surface area (TPSA) is 104 Å². The quantitative estimate of drug-likeness (QED) is 0.382. The molecule has 0 aromatic carbocycles. The third-order valence-corrected chi connectivity index (χ3v) is 6.80. The summed E-state index contributed by atoms with van der Waals surface area (Å²) in [6, 6.07) is -0.568. The summed E-state index contributed by atoms with van der Waals surface area (Å²) in [5, 5.41) is 5.82. The molecule has 0 saturated carbocycles. The maximum atomic E-state index is 12.9. The maximum Gasteiger partial charge on any atom is 0.355 e. The van der Waals surface area contributed by atoms with Crippen LogP contribution in [-0.4, -0.2) is 67.2 Å². The van der Waals surface area contributed by atoms with Gasteiger partial charge in [-0.05, 0) is 38.3 Å². The lowest BCUT2D eigenvalue weighted by molar-refractivity contribution is -0.158. The van der Waals surface area contributed by atoms with Gasteiger partial charge in [-0.2, -0.15) is 0 Å². The van der Waals surface area contributed by atoms with E-state index < -0.39 is 17.6 Å². The summed E-state index contributed by atoms with van der Waals surface area (Å²) in [4.78, 5) is 26.7. The SMILES string of the molecule is CN1C2=NNN1SC2C1=C(C(=O)OC(C)(C)C)N2C(=O)C(N)[C@@H]2SC1. The first-order valence-electron chi connectivity index (χ1n) is 7.89. The van der Waals surface area contributed by atoms with Crippen molar-refractivity contribution in [2.75, 3.05) is 12.8 Å². The molecule has 0 spiro atoms. The van der Waals surface area contributed by atoms with Crippen molar-refractivity contribution in [1.29, 1.82) is 0 Å². The Morgan fingerprint density at radius 2 is 2.16 bits per heavy atom. The zero-order valence-electron chi connectivity index (χ0n) is 14.3. The van der Waals surface area contributed by atoms with E-state index in [-0.39, 0.29) is 16.5 Å². The van der Waals surface area contributed by atoms with Gasteiger partial charge in [0.15, 0.2) is 5.84 Å².